The third-order valence-corrected chi connectivity index (χ3v) is 7.26. The second-order valence-electron chi connectivity index (χ2n) is 7.34. The zero-order valence-electron chi connectivity index (χ0n) is 17.1. The van der Waals surface area contributed by atoms with E-state index in [1.165, 1.54) is 16.1 Å². The molecule has 0 bridgehead atoms. The maximum atomic E-state index is 13.3. The van der Waals surface area contributed by atoms with Crippen molar-refractivity contribution in [2.45, 2.75) is 18.4 Å². The van der Waals surface area contributed by atoms with Gasteiger partial charge in [-0.05, 0) is 25.1 Å². The van der Waals surface area contributed by atoms with Gasteiger partial charge in [0.1, 0.15) is 10.6 Å². The van der Waals surface area contributed by atoms with Crippen LogP contribution in [0, 0.1) is 6.92 Å². The molecule has 3 aromatic rings. The van der Waals surface area contributed by atoms with Gasteiger partial charge in [-0.2, -0.15) is 9.40 Å². The van der Waals surface area contributed by atoms with Gasteiger partial charge in [0, 0.05) is 56.2 Å². The number of aromatic nitrogens is 3. The number of nitrogens with one attached hydrogen (secondary N) is 1. The molecule has 1 N–H and O–H groups in total. The summed E-state index contributed by atoms with van der Waals surface area (Å²) in [5.74, 6) is 0.857. The number of ether oxygens (including phenoxy) is 1. The van der Waals surface area contributed by atoms with Crippen molar-refractivity contribution in [3.05, 3.63) is 60.0 Å². The third kappa shape index (κ3) is 4.09. The summed E-state index contributed by atoms with van der Waals surface area (Å²) >= 11 is 0. The minimum atomic E-state index is -3.65. The van der Waals surface area contributed by atoms with Crippen LogP contribution >= 0.6 is 0 Å². The van der Waals surface area contributed by atoms with E-state index in [2.05, 4.69) is 33.1 Å². The number of hydrogen-bond donors (Lipinski definition) is 1. The smallest absolute Gasteiger partial charge is 0.246 e. The Morgan fingerprint density at radius 1 is 1.10 bits per heavy atom. The standard InChI is InChI=1S/C21H25N5O3S/c1-16-3-4-19(29-2)18(13-16)15-25-9-11-26(12-10-25)30(27,28)20-14-23-24-21(20)17-5-7-22-8-6-17/h3-8,13-14H,9-12,15H2,1-2H3,(H,23,24). The molecule has 0 saturated carbocycles. The Morgan fingerprint density at radius 2 is 1.83 bits per heavy atom. The van der Waals surface area contributed by atoms with Gasteiger partial charge in [0.05, 0.1) is 19.0 Å². The molecule has 1 aliphatic rings. The van der Waals surface area contributed by atoms with Crippen molar-refractivity contribution in [3.63, 3.8) is 0 Å². The summed E-state index contributed by atoms with van der Waals surface area (Å²) in [4.78, 5) is 6.44. The maximum Gasteiger partial charge on any atom is 0.246 e. The molecular formula is C21H25N5O3S. The first-order valence-electron chi connectivity index (χ1n) is 9.79. The normalized spacial score (nSPS) is 15.9. The van der Waals surface area contributed by atoms with Crippen LogP contribution in [0.4, 0.5) is 0 Å². The highest BCUT2D eigenvalue weighted by Crippen LogP contribution is 2.28. The van der Waals surface area contributed by atoms with Gasteiger partial charge in [-0.1, -0.05) is 17.7 Å². The SMILES string of the molecule is COc1ccc(C)cc1CN1CCN(S(=O)(=O)c2cn[nH]c2-c2ccncc2)CC1. The van der Waals surface area contributed by atoms with E-state index in [9.17, 15) is 8.42 Å². The van der Waals surface area contributed by atoms with E-state index in [-0.39, 0.29) is 4.90 Å². The number of nitrogens with zero attached hydrogens (tertiary/aromatic N) is 4. The largest absolute Gasteiger partial charge is 0.496 e. The van der Waals surface area contributed by atoms with Gasteiger partial charge in [-0.25, -0.2) is 8.42 Å². The lowest BCUT2D eigenvalue weighted by molar-refractivity contribution is 0.180. The lowest BCUT2D eigenvalue weighted by Crippen LogP contribution is -2.48. The molecule has 0 radical (unpaired) electrons. The molecule has 158 valence electrons. The van der Waals surface area contributed by atoms with Crippen molar-refractivity contribution in [2.75, 3.05) is 33.3 Å². The Hall–Kier alpha value is -2.75. The molecule has 0 spiro atoms. The number of pyridine rings is 1. The third-order valence-electron chi connectivity index (χ3n) is 5.35. The highest BCUT2D eigenvalue weighted by atomic mass is 32.2. The van der Waals surface area contributed by atoms with Crippen LogP contribution < -0.4 is 4.74 Å². The minimum Gasteiger partial charge on any atom is -0.496 e. The molecule has 1 aromatic carbocycles. The second kappa shape index (κ2) is 8.55. The number of aromatic amines is 1. The number of H-pyrrole nitrogens is 1. The number of benzene rings is 1. The Balaban J connectivity index is 1.47. The van der Waals surface area contributed by atoms with Crippen molar-refractivity contribution < 1.29 is 13.2 Å². The van der Waals surface area contributed by atoms with Gasteiger partial charge in [0.15, 0.2) is 0 Å². The summed E-state index contributed by atoms with van der Waals surface area (Å²) in [5.41, 5.74) is 3.52. The van der Waals surface area contributed by atoms with Gasteiger partial charge >= 0.3 is 0 Å². The molecule has 1 fully saturated rings. The molecule has 9 heteroatoms. The van der Waals surface area contributed by atoms with E-state index in [4.69, 9.17) is 4.74 Å². The van der Waals surface area contributed by atoms with Crippen molar-refractivity contribution in [3.8, 4) is 17.0 Å². The summed E-state index contributed by atoms with van der Waals surface area (Å²) in [7, 11) is -1.97. The summed E-state index contributed by atoms with van der Waals surface area (Å²) in [5, 5.41) is 6.80. The topological polar surface area (TPSA) is 91.4 Å². The molecule has 1 aliphatic heterocycles. The Labute approximate surface area is 176 Å². The first-order chi connectivity index (χ1) is 14.5. The second-order valence-corrected chi connectivity index (χ2v) is 9.25. The van der Waals surface area contributed by atoms with E-state index in [0.717, 1.165) is 23.4 Å². The lowest BCUT2D eigenvalue weighted by Gasteiger charge is -2.34. The van der Waals surface area contributed by atoms with Crippen molar-refractivity contribution in [1.29, 1.82) is 0 Å². The quantitative estimate of drug-likeness (QED) is 0.649. The Bertz CT molecular complexity index is 1110. The molecule has 0 amide bonds. The molecule has 0 aliphatic carbocycles. The highest BCUT2D eigenvalue weighted by Gasteiger charge is 2.32. The van der Waals surface area contributed by atoms with Crippen LogP contribution in [0.15, 0.2) is 53.8 Å². The molecule has 2 aromatic heterocycles. The molecule has 30 heavy (non-hydrogen) atoms. The van der Waals surface area contributed by atoms with E-state index in [1.807, 2.05) is 12.1 Å². The van der Waals surface area contributed by atoms with Crippen LogP contribution in [0.2, 0.25) is 0 Å². The van der Waals surface area contributed by atoms with Gasteiger partial charge in [-0.15, -0.1) is 0 Å². The van der Waals surface area contributed by atoms with Crippen LogP contribution in [-0.4, -0.2) is 66.1 Å². The first kappa shape index (κ1) is 20.5. The lowest BCUT2D eigenvalue weighted by atomic mass is 10.1. The molecule has 4 rings (SSSR count). The van der Waals surface area contributed by atoms with Crippen LogP contribution in [-0.2, 0) is 16.6 Å². The molecular weight excluding hydrogens is 402 g/mol. The fourth-order valence-corrected chi connectivity index (χ4v) is 5.26. The van der Waals surface area contributed by atoms with Crippen molar-refractivity contribution >= 4 is 10.0 Å². The Morgan fingerprint density at radius 3 is 2.53 bits per heavy atom. The zero-order chi connectivity index (χ0) is 21.1. The highest BCUT2D eigenvalue weighted by molar-refractivity contribution is 7.89. The van der Waals surface area contributed by atoms with Crippen molar-refractivity contribution in [2.24, 2.45) is 0 Å². The van der Waals surface area contributed by atoms with E-state index in [0.29, 0.717) is 31.9 Å². The predicted octanol–water partition coefficient (Wildman–Crippen LogP) is 2.30. The first-order valence-corrected chi connectivity index (χ1v) is 11.2. The van der Waals surface area contributed by atoms with Gasteiger partial charge in [0.25, 0.3) is 0 Å². The zero-order valence-corrected chi connectivity index (χ0v) is 17.9. The predicted molar refractivity (Wildman–Crippen MR) is 114 cm³/mol. The molecule has 3 heterocycles. The number of hydrogen-bond acceptors (Lipinski definition) is 6. The fraction of sp³-hybridized carbons (Fsp3) is 0.333. The van der Waals surface area contributed by atoms with Crippen LogP contribution in [0.3, 0.4) is 0 Å². The van der Waals surface area contributed by atoms with Crippen LogP contribution in [0.1, 0.15) is 11.1 Å². The number of methoxy groups -OCH3 is 1. The number of aryl methyl sites for hydroxylation is 1. The summed E-state index contributed by atoms with van der Waals surface area (Å²) < 4.78 is 33.5. The van der Waals surface area contributed by atoms with Gasteiger partial charge in [-0.3, -0.25) is 15.0 Å². The molecule has 0 unspecified atom stereocenters. The summed E-state index contributed by atoms with van der Waals surface area (Å²) in [6, 6.07) is 9.65. The molecule has 1 saturated heterocycles. The molecule has 0 atom stereocenters. The number of sulfonamides is 1. The fourth-order valence-electron chi connectivity index (χ4n) is 3.73. The van der Waals surface area contributed by atoms with Gasteiger partial charge in [0.2, 0.25) is 10.0 Å². The average Bonchev–Trinajstić information content (AvgIpc) is 3.26. The summed E-state index contributed by atoms with van der Waals surface area (Å²) in [6.45, 7) is 4.94. The van der Waals surface area contributed by atoms with E-state index in [1.54, 1.807) is 31.6 Å². The summed E-state index contributed by atoms with van der Waals surface area (Å²) in [6.07, 6.45) is 4.64. The average molecular weight is 428 g/mol. The van der Waals surface area contributed by atoms with E-state index >= 15 is 0 Å². The monoisotopic (exact) mass is 427 g/mol. The molecule has 8 nitrogen and oxygen atoms in total. The van der Waals surface area contributed by atoms with E-state index < -0.39 is 10.0 Å². The maximum absolute atomic E-state index is 13.3. The van der Waals surface area contributed by atoms with Crippen LogP contribution in [0.25, 0.3) is 11.3 Å². The number of piperazine rings is 1. The number of rotatable bonds is 6. The van der Waals surface area contributed by atoms with Crippen molar-refractivity contribution in [1.82, 2.24) is 24.4 Å². The Kier molecular flexibility index (Phi) is 5.85. The van der Waals surface area contributed by atoms with Gasteiger partial charge < -0.3 is 4.74 Å². The minimum absolute atomic E-state index is 0.197. The van der Waals surface area contributed by atoms with Crippen LogP contribution in [0.5, 0.6) is 5.75 Å².